The maximum Gasteiger partial charge on any atom is 0.248 e. The molecule has 9 heteroatoms. The molecule has 0 radical (unpaired) electrons. The van der Waals surface area contributed by atoms with Crippen molar-refractivity contribution in [2.45, 2.75) is 30.4 Å². The summed E-state index contributed by atoms with van der Waals surface area (Å²) in [5, 5.41) is 3.84. The third kappa shape index (κ3) is 3.27. The molecule has 2 aliphatic rings. The summed E-state index contributed by atoms with van der Waals surface area (Å²) in [5.41, 5.74) is 0.372. The van der Waals surface area contributed by atoms with Crippen molar-refractivity contribution in [3.8, 4) is 0 Å². The zero-order valence-electron chi connectivity index (χ0n) is 14.2. The minimum absolute atomic E-state index is 0.143. The van der Waals surface area contributed by atoms with Crippen molar-refractivity contribution < 1.29 is 27.3 Å². The second-order valence-corrected chi connectivity index (χ2v) is 8.26. The van der Waals surface area contributed by atoms with Crippen molar-refractivity contribution in [2.75, 3.05) is 40.4 Å². The van der Waals surface area contributed by atoms with Crippen molar-refractivity contribution in [3.63, 3.8) is 0 Å². The van der Waals surface area contributed by atoms with Gasteiger partial charge in [0.1, 0.15) is 5.69 Å². The topological polar surface area (TPSA) is 86.3 Å². The Bertz CT molecular complexity index is 709. The first kappa shape index (κ1) is 17.6. The van der Waals surface area contributed by atoms with Gasteiger partial charge in [0.2, 0.25) is 10.0 Å². The Balaban J connectivity index is 1.82. The number of sulfonamides is 1. The number of aromatic nitrogens is 1. The van der Waals surface area contributed by atoms with Crippen LogP contribution in [-0.4, -0.2) is 64.1 Å². The van der Waals surface area contributed by atoms with Gasteiger partial charge in [0, 0.05) is 32.0 Å². The summed E-state index contributed by atoms with van der Waals surface area (Å²) in [5.74, 6) is -0.338. The van der Waals surface area contributed by atoms with Crippen LogP contribution in [-0.2, 0) is 19.5 Å². The summed E-state index contributed by atoms with van der Waals surface area (Å²) < 4.78 is 44.1. The fraction of sp³-hybridized carbons (Fsp3) is 0.667. The highest BCUT2D eigenvalue weighted by Crippen LogP contribution is 2.34. The number of hydrogen-bond donors (Lipinski definition) is 1. The molecule has 1 spiro atoms. The van der Waals surface area contributed by atoms with E-state index in [1.54, 1.807) is 13.0 Å². The molecule has 3 heterocycles. The molecule has 1 aromatic heterocycles. The molecule has 0 bridgehead atoms. The molecule has 1 N–H and O–H groups in total. The van der Waals surface area contributed by atoms with Gasteiger partial charge in [-0.1, -0.05) is 5.16 Å². The van der Waals surface area contributed by atoms with Gasteiger partial charge in [-0.2, -0.15) is 4.31 Å². The summed E-state index contributed by atoms with van der Waals surface area (Å²) in [4.78, 5) is 1.19. The highest BCUT2D eigenvalue weighted by atomic mass is 32.2. The number of aryl methyl sites for hydroxylation is 1. The van der Waals surface area contributed by atoms with Gasteiger partial charge in [-0.3, -0.25) is 0 Å². The first-order valence-electron chi connectivity index (χ1n) is 8.07. The van der Waals surface area contributed by atoms with Crippen LogP contribution in [0.2, 0.25) is 0 Å². The fourth-order valence-electron chi connectivity index (χ4n) is 3.02. The van der Waals surface area contributed by atoms with Crippen LogP contribution >= 0.6 is 0 Å². The van der Waals surface area contributed by atoms with E-state index in [1.165, 1.54) is 4.31 Å². The van der Waals surface area contributed by atoms with Gasteiger partial charge < -0.3 is 18.9 Å². The van der Waals surface area contributed by atoms with Crippen LogP contribution in [0.4, 0.5) is 0 Å². The molecule has 134 valence electrons. The van der Waals surface area contributed by atoms with E-state index in [9.17, 15) is 8.42 Å². The van der Waals surface area contributed by atoms with Crippen LogP contribution in [0.1, 0.15) is 24.3 Å². The first-order valence-corrected chi connectivity index (χ1v) is 9.51. The molecular formula is C15H24N3O5S+. The number of nitrogens with zero attached hydrogens (tertiary/aromatic N) is 2. The maximum atomic E-state index is 13.0. The summed E-state index contributed by atoms with van der Waals surface area (Å²) in [6.45, 7) is 3.49. The molecule has 0 aliphatic carbocycles. The largest absolute Gasteiger partial charge is 0.355 e. The molecule has 0 unspecified atom stereocenters. The Kier molecular flexibility index (Phi) is 4.80. The molecule has 8 nitrogen and oxygen atoms in total. The molecule has 3 rings (SSSR count). The lowest BCUT2D eigenvalue weighted by Crippen LogP contribution is -3.00. The third-order valence-electron chi connectivity index (χ3n) is 4.30. The van der Waals surface area contributed by atoms with E-state index in [2.05, 4.69) is 5.16 Å². The van der Waals surface area contributed by atoms with Crippen molar-refractivity contribution in [3.05, 3.63) is 17.7 Å². The molecule has 0 atom stereocenters. The van der Waals surface area contributed by atoms with Gasteiger partial charge in [0.25, 0.3) is 0 Å². The van der Waals surface area contributed by atoms with E-state index >= 15 is 0 Å². The Morgan fingerprint density at radius 1 is 1.21 bits per heavy atom. The van der Waals surface area contributed by atoms with Crippen LogP contribution < -0.4 is 4.90 Å². The normalized spacial score (nSPS) is 22.2. The van der Waals surface area contributed by atoms with Crippen LogP contribution in [0.15, 0.2) is 15.6 Å². The van der Waals surface area contributed by atoms with Gasteiger partial charge in [-0.05, 0) is 6.92 Å². The van der Waals surface area contributed by atoms with Crippen molar-refractivity contribution >= 4 is 16.1 Å². The average molecular weight is 358 g/mol. The van der Waals surface area contributed by atoms with Gasteiger partial charge in [-0.25, -0.2) is 8.42 Å². The van der Waals surface area contributed by atoms with E-state index in [-0.39, 0.29) is 10.7 Å². The first-order chi connectivity index (χ1) is 11.3. The second kappa shape index (κ2) is 6.57. The Hall–Kier alpha value is -1.26. The third-order valence-corrected chi connectivity index (χ3v) is 6.35. The standard InChI is InChI=1S/C15H23N3O5S/c1-12-14(13(23-16-12)4-7-17(2)3)24(19,20)18-8-5-15(6-9-18)21-10-11-22-15/h4,7H,5-6,8-11H2,1-3H3/p+1. The highest BCUT2D eigenvalue weighted by Gasteiger charge is 2.43. The van der Waals surface area contributed by atoms with Crippen molar-refractivity contribution in [1.29, 1.82) is 0 Å². The lowest BCUT2D eigenvalue weighted by Gasteiger charge is -2.36. The zero-order chi connectivity index (χ0) is 17.4. The minimum atomic E-state index is -3.67. The van der Waals surface area contributed by atoms with E-state index in [0.29, 0.717) is 44.8 Å². The van der Waals surface area contributed by atoms with E-state index < -0.39 is 15.8 Å². The Labute approximate surface area is 142 Å². The Morgan fingerprint density at radius 2 is 1.83 bits per heavy atom. The molecule has 2 fully saturated rings. The molecule has 2 saturated heterocycles. The number of rotatable bonds is 4. The fourth-order valence-corrected chi connectivity index (χ4v) is 4.71. The SMILES string of the molecule is Cc1noc(C=C[NH+](C)C)c1S(=O)(=O)N1CCC2(CC1)OCCO2. The van der Waals surface area contributed by atoms with Crippen molar-refractivity contribution in [1.82, 2.24) is 9.46 Å². The van der Waals surface area contributed by atoms with E-state index in [4.69, 9.17) is 14.0 Å². The monoisotopic (exact) mass is 358 g/mol. The van der Waals surface area contributed by atoms with Crippen LogP contribution in [0.3, 0.4) is 0 Å². The van der Waals surface area contributed by atoms with Crippen LogP contribution in [0.25, 0.3) is 6.08 Å². The second-order valence-electron chi connectivity index (χ2n) is 6.38. The highest BCUT2D eigenvalue weighted by molar-refractivity contribution is 7.89. The lowest BCUT2D eigenvalue weighted by atomic mass is 10.1. The smallest absolute Gasteiger partial charge is 0.248 e. The summed E-state index contributed by atoms with van der Waals surface area (Å²) in [7, 11) is 0.192. The number of piperidine rings is 1. The predicted molar refractivity (Wildman–Crippen MR) is 85.7 cm³/mol. The quantitative estimate of drug-likeness (QED) is 0.790. The number of ether oxygens (including phenoxy) is 2. The molecule has 1 aromatic rings. The summed E-state index contributed by atoms with van der Waals surface area (Å²) in [6.07, 6.45) is 4.52. The minimum Gasteiger partial charge on any atom is -0.355 e. The average Bonchev–Trinajstić information content (AvgIpc) is 3.13. The van der Waals surface area contributed by atoms with Crippen molar-refractivity contribution in [2.24, 2.45) is 0 Å². The van der Waals surface area contributed by atoms with E-state index in [1.807, 2.05) is 20.3 Å². The number of nitrogens with one attached hydrogen (secondary N) is 1. The van der Waals surface area contributed by atoms with Gasteiger partial charge in [-0.15, -0.1) is 0 Å². The van der Waals surface area contributed by atoms with E-state index in [0.717, 1.165) is 4.90 Å². The zero-order valence-corrected chi connectivity index (χ0v) is 15.1. The molecule has 24 heavy (non-hydrogen) atoms. The molecule has 0 saturated carbocycles. The summed E-state index contributed by atoms with van der Waals surface area (Å²) in [6, 6.07) is 0. The number of hydrogen-bond acceptors (Lipinski definition) is 6. The molecule has 0 amide bonds. The van der Waals surface area contributed by atoms with Crippen LogP contribution in [0.5, 0.6) is 0 Å². The number of quaternary nitrogens is 1. The lowest BCUT2D eigenvalue weighted by molar-refractivity contribution is -0.800. The van der Waals surface area contributed by atoms with Gasteiger partial charge in [0.15, 0.2) is 16.4 Å². The Morgan fingerprint density at radius 3 is 2.42 bits per heavy atom. The van der Waals surface area contributed by atoms with Crippen LogP contribution in [0, 0.1) is 6.92 Å². The predicted octanol–water partition coefficient (Wildman–Crippen LogP) is -0.374. The summed E-state index contributed by atoms with van der Waals surface area (Å²) >= 11 is 0. The molecule has 2 aliphatic heterocycles. The van der Waals surface area contributed by atoms with Gasteiger partial charge >= 0.3 is 0 Å². The molecular weight excluding hydrogens is 334 g/mol. The molecule has 0 aromatic carbocycles. The maximum absolute atomic E-state index is 13.0. The van der Waals surface area contributed by atoms with Gasteiger partial charge in [0.05, 0.1) is 33.5 Å².